The predicted molar refractivity (Wildman–Crippen MR) is 53.0 cm³/mol. The van der Waals surface area contributed by atoms with Gasteiger partial charge in [0.05, 0.1) is 5.56 Å². The van der Waals surface area contributed by atoms with Crippen LogP contribution in [0, 0.1) is 0 Å². The molecule has 0 bridgehead atoms. The number of alkyl halides is 3. The number of rotatable bonds is 4. The van der Waals surface area contributed by atoms with Crippen molar-refractivity contribution in [3.05, 3.63) is 23.9 Å². The number of nitrogens with zero attached hydrogens (tertiary/aromatic N) is 1. The Balaban J connectivity index is 2.58. The molecule has 0 radical (unpaired) electrons. The van der Waals surface area contributed by atoms with Gasteiger partial charge in [-0.25, -0.2) is 4.98 Å². The third kappa shape index (κ3) is 3.69. The highest BCUT2D eigenvalue weighted by Gasteiger charge is 2.30. The summed E-state index contributed by atoms with van der Waals surface area (Å²) in [6.45, 7) is 2.14. The molecule has 0 saturated carbocycles. The first-order chi connectivity index (χ1) is 7.43. The van der Waals surface area contributed by atoms with Crippen molar-refractivity contribution in [2.24, 2.45) is 5.73 Å². The molecular weight excluding hydrogens is 221 g/mol. The van der Waals surface area contributed by atoms with Crippen molar-refractivity contribution in [2.45, 2.75) is 25.6 Å². The van der Waals surface area contributed by atoms with Crippen LogP contribution in [0.4, 0.5) is 13.2 Å². The Bertz CT molecular complexity index is 324. The van der Waals surface area contributed by atoms with Gasteiger partial charge in [0, 0.05) is 18.3 Å². The lowest BCUT2D eigenvalue weighted by Crippen LogP contribution is -2.26. The highest BCUT2D eigenvalue weighted by molar-refractivity contribution is 5.20. The maximum Gasteiger partial charge on any atom is 0.417 e. The predicted octanol–water partition coefficient (Wildman–Crippen LogP) is 2.22. The molecule has 0 spiro atoms. The van der Waals surface area contributed by atoms with Gasteiger partial charge in [0.15, 0.2) is 0 Å². The fourth-order valence-corrected chi connectivity index (χ4v) is 0.944. The van der Waals surface area contributed by atoms with Gasteiger partial charge in [-0.3, -0.25) is 0 Å². The van der Waals surface area contributed by atoms with Crippen LogP contribution >= 0.6 is 0 Å². The van der Waals surface area contributed by atoms with Crippen LogP contribution in [0.2, 0.25) is 0 Å². The summed E-state index contributed by atoms with van der Waals surface area (Å²) in [6, 6.07) is 1.98. The Morgan fingerprint density at radius 3 is 2.56 bits per heavy atom. The fourth-order valence-electron chi connectivity index (χ4n) is 0.944. The SMILES string of the molecule is CC[C@@H](N)COc1ccc(C(F)(F)F)cn1. The van der Waals surface area contributed by atoms with Gasteiger partial charge >= 0.3 is 6.18 Å². The molecule has 0 aliphatic carbocycles. The maximum absolute atomic E-state index is 12.2. The maximum atomic E-state index is 12.2. The molecule has 1 aromatic heterocycles. The van der Waals surface area contributed by atoms with Crippen molar-refractivity contribution in [1.82, 2.24) is 4.98 Å². The van der Waals surface area contributed by atoms with E-state index < -0.39 is 11.7 Å². The molecule has 90 valence electrons. The Labute approximate surface area is 91.4 Å². The topological polar surface area (TPSA) is 48.1 Å². The van der Waals surface area contributed by atoms with Crippen LogP contribution in [0.5, 0.6) is 5.88 Å². The van der Waals surface area contributed by atoms with Gasteiger partial charge < -0.3 is 10.5 Å². The lowest BCUT2D eigenvalue weighted by molar-refractivity contribution is -0.137. The molecule has 0 unspecified atom stereocenters. The quantitative estimate of drug-likeness (QED) is 0.868. The average Bonchev–Trinajstić information content (AvgIpc) is 2.25. The van der Waals surface area contributed by atoms with E-state index in [-0.39, 0.29) is 18.5 Å². The van der Waals surface area contributed by atoms with Gasteiger partial charge in [-0.2, -0.15) is 13.2 Å². The minimum Gasteiger partial charge on any atom is -0.476 e. The molecule has 1 rings (SSSR count). The molecule has 1 heterocycles. The second kappa shape index (κ2) is 5.16. The van der Waals surface area contributed by atoms with Crippen LogP contribution in [-0.2, 0) is 6.18 Å². The Morgan fingerprint density at radius 1 is 1.44 bits per heavy atom. The van der Waals surface area contributed by atoms with Gasteiger partial charge in [0.25, 0.3) is 0 Å². The highest BCUT2D eigenvalue weighted by atomic mass is 19.4. The standard InChI is InChI=1S/C10H13F3N2O/c1-2-8(14)6-16-9-4-3-7(5-15-9)10(11,12)13/h3-5,8H,2,6,14H2,1H3/t8-/m1/s1. The molecule has 1 aromatic rings. The number of aromatic nitrogens is 1. The molecule has 3 nitrogen and oxygen atoms in total. The molecule has 16 heavy (non-hydrogen) atoms. The van der Waals surface area contributed by atoms with Crippen molar-refractivity contribution in [3.63, 3.8) is 0 Å². The van der Waals surface area contributed by atoms with Crippen LogP contribution in [0.1, 0.15) is 18.9 Å². The summed E-state index contributed by atoms with van der Waals surface area (Å²) in [5, 5.41) is 0. The van der Waals surface area contributed by atoms with E-state index in [0.717, 1.165) is 18.7 Å². The van der Waals surface area contributed by atoms with Crippen molar-refractivity contribution in [3.8, 4) is 5.88 Å². The highest BCUT2D eigenvalue weighted by Crippen LogP contribution is 2.29. The second-order valence-corrected chi connectivity index (χ2v) is 3.36. The van der Waals surface area contributed by atoms with Crippen molar-refractivity contribution in [1.29, 1.82) is 0 Å². The van der Waals surface area contributed by atoms with E-state index in [1.807, 2.05) is 6.92 Å². The zero-order valence-electron chi connectivity index (χ0n) is 8.79. The van der Waals surface area contributed by atoms with Gasteiger partial charge in [-0.15, -0.1) is 0 Å². The van der Waals surface area contributed by atoms with Gasteiger partial charge in [-0.05, 0) is 12.5 Å². The molecule has 0 amide bonds. The molecule has 0 saturated heterocycles. The monoisotopic (exact) mass is 234 g/mol. The number of hydrogen-bond acceptors (Lipinski definition) is 3. The minimum atomic E-state index is -4.37. The number of hydrogen-bond donors (Lipinski definition) is 1. The van der Waals surface area contributed by atoms with Crippen LogP contribution in [-0.4, -0.2) is 17.6 Å². The summed E-state index contributed by atoms with van der Waals surface area (Å²) in [4.78, 5) is 3.55. The van der Waals surface area contributed by atoms with E-state index in [0.29, 0.717) is 0 Å². The summed E-state index contributed by atoms with van der Waals surface area (Å²) < 4.78 is 41.7. The smallest absolute Gasteiger partial charge is 0.417 e. The Hall–Kier alpha value is -1.30. The zero-order chi connectivity index (χ0) is 12.2. The van der Waals surface area contributed by atoms with E-state index in [1.165, 1.54) is 6.07 Å². The minimum absolute atomic E-state index is 0.135. The molecule has 0 fully saturated rings. The number of pyridine rings is 1. The van der Waals surface area contributed by atoms with E-state index in [2.05, 4.69) is 4.98 Å². The lowest BCUT2D eigenvalue weighted by Gasteiger charge is -2.11. The van der Waals surface area contributed by atoms with Gasteiger partial charge in [0.1, 0.15) is 6.61 Å². The largest absolute Gasteiger partial charge is 0.476 e. The molecule has 6 heteroatoms. The second-order valence-electron chi connectivity index (χ2n) is 3.36. The summed E-state index contributed by atoms with van der Waals surface area (Å²) in [5.74, 6) is 0.150. The third-order valence-corrected chi connectivity index (χ3v) is 2.03. The summed E-state index contributed by atoms with van der Waals surface area (Å²) >= 11 is 0. The van der Waals surface area contributed by atoms with E-state index in [4.69, 9.17) is 10.5 Å². The van der Waals surface area contributed by atoms with E-state index in [1.54, 1.807) is 0 Å². The summed E-state index contributed by atoms with van der Waals surface area (Å²) in [7, 11) is 0. The van der Waals surface area contributed by atoms with Crippen LogP contribution in [0.25, 0.3) is 0 Å². The normalized spacial score (nSPS) is 13.6. The Kier molecular flexibility index (Phi) is 4.12. The molecule has 1 atom stereocenters. The van der Waals surface area contributed by atoms with E-state index >= 15 is 0 Å². The molecular formula is C10H13F3N2O. The van der Waals surface area contributed by atoms with Crippen LogP contribution in [0.15, 0.2) is 18.3 Å². The number of halogens is 3. The van der Waals surface area contributed by atoms with Crippen LogP contribution in [0.3, 0.4) is 0 Å². The summed E-state index contributed by atoms with van der Waals surface area (Å²) in [6.07, 6.45) is -2.89. The Morgan fingerprint density at radius 2 is 2.12 bits per heavy atom. The van der Waals surface area contributed by atoms with Crippen molar-refractivity contribution in [2.75, 3.05) is 6.61 Å². The number of ether oxygens (including phenoxy) is 1. The zero-order valence-corrected chi connectivity index (χ0v) is 8.79. The average molecular weight is 234 g/mol. The molecule has 0 aliphatic rings. The first-order valence-corrected chi connectivity index (χ1v) is 4.85. The lowest BCUT2D eigenvalue weighted by atomic mass is 10.2. The first kappa shape index (κ1) is 12.8. The molecule has 0 aliphatic heterocycles. The van der Waals surface area contributed by atoms with Crippen LogP contribution < -0.4 is 10.5 Å². The van der Waals surface area contributed by atoms with Crippen molar-refractivity contribution >= 4 is 0 Å². The molecule has 2 N–H and O–H groups in total. The number of nitrogens with two attached hydrogens (primary N) is 1. The molecule has 0 aromatic carbocycles. The van der Waals surface area contributed by atoms with Gasteiger partial charge in [-0.1, -0.05) is 6.92 Å². The first-order valence-electron chi connectivity index (χ1n) is 4.85. The van der Waals surface area contributed by atoms with E-state index in [9.17, 15) is 13.2 Å². The third-order valence-electron chi connectivity index (χ3n) is 2.03. The fraction of sp³-hybridized carbons (Fsp3) is 0.500. The van der Waals surface area contributed by atoms with Crippen molar-refractivity contribution < 1.29 is 17.9 Å². The summed E-state index contributed by atoms with van der Waals surface area (Å²) in [5.41, 5.74) is 4.80. The van der Waals surface area contributed by atoms with Gasteiger partial charge in [0.2, 0.25) is 5.88 Å².